The topological polar surface area (TPSA) is 62.8 Å². The molecule has 6 nitrogen and oxygen atoms in total. The average Bonchev–Trinajstić information content (AvgIpc) is 3.04. The van der Waals surface area contributed by atoms with E-state index in [0.29, 0.717) is 13.2 Å². The Morgan fingerprint density at radius 3 is 3.09 bits per heavy atom. The van der Waals surface area contributed by atoms with Crippen molar-refractivity contribution in [3.63, 3.8) is 0 Å². The number of para-hydroxylation sites is 2. The molecule has 1 aromatic carbocycles. The van der Waals surface area contributed by atoms with Crippen LogP contribution in [0.15, 0.2) is 24.3 Å². The molecular weight excluding hydrogens is 282 g/mol. The van der Waals surface area contributed by atoms with Crippen molar-refractivity contribution in [2.24, 2.45) is 0 Å². The van der Waals surface area contributed by atoms with Crippen molar-refractivity contribution >= 4 is 11.6 Å². The number of rotatable bonds is 4. The third-order valence-corrected chi connectivity index (χ3v) is 4.18. The summed E-state index contributed by atoms with van der Waals surface area (Å²) in [7, 11) is 1.68. The maximum atomic E-state index is 12.2. The molecule has 6 heteroatoms. The van der Waals surface area contributed by atoms with Gasteiger partial charge < -0.3 is 25.0 Å². The number of carbonyl (C=O) groups is 1. The summed E-state index contributed by atoms with van der Waals surface area (Å²) in [6, 6.07) is 8.14. The molecule has 0 aromatic heterocycles. The Bertz CT molecular complexity index is 517. The summed E-state index contributed by atoms with van der Waals surface area (Å²) in [5, 5.41) is 6.28. The van der Waals surface area contributed by atoms with Gasteiger partial charge in [-0.1, -0.05) is 12.1 Å². The lowest BCUT2D eigenvalue weighted by molar-refractivity contribution is -0.134. The molecule has 2 atom stereocenters. The molecule has 2 heterocycles. The molecule has 0 bridgehead atoms. The summed E-state index contributed by atoms with van der Waals surface area (Å²) in [6.45, 7) is 3.71. The maximum absolute atomic E-state index is 12.2. The zero-order chi connectivity index (χ0) is 15.4. The molecule has 2 N–H and O–H groups in total. The van der Waals surface area contributed by atoms with E-state index < -0.39 is 0 Å². The standard InChI is InChI=1S/C16H23N3O3/c1-21-14-5-3-2-4-13(14)19-8-6-12(11-19)18-16(20)15-10-17-7-9-22-15/h2-5,12,15,17H,6-11H2,1H3,(H,18,20). The minimum absolute atomic E-state index is 0.0147. The Morgan fingerprint density at radius 2 is 2.32 bits per heavy atom. The van der Waals surface area contributed by atoms with E-state index in [9.17, 15) is 4.79 Å². The first kappa shape index (κ1) is 15.1. The Kier molecular flexibility index (Phi) is 4.80. The minimum Gasteiger partial charge on any atom is -0.495 e. The summed E-state index contributed by atoms with van der Waals surface area (Å²) in [5.41, 5.74) is 1.08. The fourth-order valence-corrected chi connectivity index (χ4v) is 3.02. The van der Waals surface area contributed by atoms with Crippen LogP contribution in [0.5, 0.6) is 5.75 Å². The van der Waals surface area contributed by atoms with Gasteiger partial charge in [-0.15, -0.1) is 0 Å². The van der Waals surface area contributed by atoms with Crippen molar-refractivity contribution in [3.8, 4) is 5.75 Å². The molecule has 1 amide bonds. The number of anilines is 1. The van der Waals surface area contributed by atoms with E-state index >= 15 is 0 Å². The van der Waals surface area contributed by atoms with Crippen LogP contribution in [0.4, 0.5) is 5.69 Å². The number of benzene rings is 1. The quantitative estimate of drug-likeness (QED) is 0.842. The van der Waals surface area contributed by atoms with E-state index in [-0.39, 0.29) is 18.1 Å². The molecule has 2 unspecified atom stereocenters. The predicted molar refractivity (Wildman–Crippen MR) is 84.4 cm³/mol. The van der Waals surface area contributed by atoms with Crippen LogP contribution in [0.1, 0.15) is 6.42 Å². The van der Waals surface area contributed by atoms with Crippen LogP contribution in [0, 0.1) is 0 Å². The summed E-state index contributed by atoms with van der Waals surface area (Å²) in [5.74, 6) is 0.855. The van der Waals surface area contributed by atoms with Gasteiger partial charge in [0.15, 0.2) is 0 Å². The second kappa shape index (κ2) is 6.98. The lowest BCUT2D eigenvalue weighted by Gasteiger charge is -2.25. The van der Waals surface area contributed by atoms with Gasteiger partial charge in [-0.25, -0.2) is 0 Å². The zero-order valence-corrected chi connectivity index (χ0v) is 12.9. The molecule has 0 radical (unpaired) electrons. The molecule has 2 saturated heterocycles. The number of amides is 1. The smallest absolute Gasteiger partial charge is 0.250 e. The predicted octanol–water partition coefficient (Wildman–Crippen LogP) is 0.379. The number of methoxy groups -OCH3 is 1. The molecule has 2 aliphatic heterocycles. The Hall–Kier alpha value is -1.79. The molecule has 2 fully saturated rings. The van der Waals surface area contributed by atoms with Crippen molar-refractivity contribution in [1.29, 1.82) is 0 Å². The highest BCUT2D eigenvalue weighted by Crippen LogP contribution is 2.30. The Balaban J connectivity index is 1.57. The van der Waals surface area contributed by atoms with Crippen molar-refractivity contribution in [2.75, 3.05) is 44.8 Å². The first-order valence-corrected chi connectivity index (χ1v) is 7.78. The fourth-order valence-electron chi connectivity index (χ4n) is 3.02. The summed E-state index contributed by atoms with van der Waals surface area (Å²) < 4.78 is 10.9. The lowest BCUT2D eigenvalue weighted by Crippen LogP contribution is -2.50. The van der Waals surface area contributed by atoms with Crippen LogP contribution in [-0.4, -0.2) is 57.9 Å². The second-order valence-corrected chi connectivity index (χ2v) is 5.68. The molecule has 0 spiro atoms. The van der Waals surface area contributed by atoms with Gasteiger partial charge in [0.2, 0.25) is 0 Å². The van der Waals surface area contributed by atoms with Crippen LogP contribution in [-0.2, 0) is 9.53 Å². The van der Waals surface area contributed by atoms with Gasteiger partial charge in [-0.2, -0.15) is 0 Å². The van der Waals surface area contributed by atoms with E-state index in [2.05, 4.69) is 21.6 Å². The van der Waals surface area contributed by atoms with Crippen LogP contribution in [0.25, 0.3) is 0 Å². The fraction of sp³-hybridized carbons (Fsp3) is 0.562. The van der Waals surface area contributed by atoms with Gasteiger partial charge in [0.05, 0.1) is 19.4 Å². The van der Waals surface area contributed by atoms with Crippen molar-refractivity contribution < 1.29 is 14.3 Å². The van der Waals surface area contributed by atoms with E-state index in [1.807, 2.05) is 18.2 Å². The molecular formula is C16H23N3O3. The number of carbonyl (C=O) groups excluding carboxylic acids is 1. The second-order valence-electron chi connectivity index (χ2n) is 5.68. The third kappa shape index (κ3) is 3.34. The van der Waals surface area contributed by atoms with Gasteiger partial charge in [0.25, 0.3) is 5.91 Å². The van der Waals surface area contributed by atoms with Gasteiger partial charge >= 0.3 is 0 Å². The van der Waals surface area contributed by atoms with E-state index in [1.54, 1.807) is 7.11 Å². The molecule has 0 saturated carbocycles. The van der Waals surface area contributed by atoms with E-state index in [4.69, 9.17) is 9.47 Å². The van der Waals surface area contributed by atoms with E-state index in [1.165, 1.54) is 0 Å². The normalized spacial score (nSPS) is 25.0. The van der Waals surface area contributed by atoms with E-state index in [0.717, 1.165) is 37.5 Å². The zero-order valence-electron chi connectivity index (χ0n) is 12.9. The highest BCUT2D eigenvalue weighted by molar-refractivity contribution is 5.81. The summed E-state index contributed by atoms with van der Waals surface area (Å²) >= 11 is 0. The van der Waals surface area contributed by atoms with Crippen LogP contribution in [0.3, 0.4) is 0 Å². The Labute approximate surface area is 130 Å². The molecule has 22 heavy (non-hydrogen) atoms. The van der Waals surface area contributed by atoms with Gasteiger partial charge in [0.1, 0.15) is 11.9 Å². The number of morpholine rings is 1. The molecule has 2 aliphatic rings. The van der Waals surface area contributed by atoms with Crippen LogP contribution >= 0.6 is 0 Å². The molecule has 3 rings (SSSR count). The molecule has 120 valence electrons. The van der Waals surface area contributed by atoms with Crippen molar-refractivity contribution in [2.45, 2.75) is 18.6 Å². The highest BCUT2D eigenvalue weighted by Gasteiger charge is 2.29. The number of nitrogens with one attached hydrogen (secondary N) is 2. The Morgan fingerprint density at radius 1 is 1.45 bits per heavy atom. The number of hydrogen-bond acceptors (Lipinski definition) is 5. The first-order chi connectivity index (χ1) is 10.8. The molecule has 1 aromatic rings. The largest absolute Gasteiger partial charge is 0.495 e. The van der Waals surface area contributed by atoms with Crippen LogP contribution in [0.2, 0.25) is 0 Å². The SMILES string of the molecule is COc1ccccc1N1CCC(NC(=O)C2CNCCO2)C1. The minimum atomic E-state index is -0.367. The summed E-state index contributed by atoms with van der Waals surface area (Å²) in [6.07, 6.45) is 0.568. The van der Waals surface area contributed by atoms with Gasteiger partial charge in [-0.3, -0.25) is 4.79 Å². The average molecular weight is 305 g/mol. The van der Waals surface area contributed by atoms with Crippen molar-refractivity contribution in [3.05, 3.63) is 24.3 Å². The van der Waals surface area contributed by atoms with Gasteiger partial charge in [0, 0.05) is 32.2 Å². The highest BCUT2D eigenvalue weighted by atomic mass is 16.5. The lowest BCUT2D eigenvalue weighted by atomic mass is 10.2. The maximum Gasteiger partial charge on any atom is 0.250 e. The summed E-state index contributed by atoms with van der Waals surface area (Å²) in [4.78, 5) is 14.5. The van der Waals surface area contributed by atoms with Crippen molar-refractivity contribution in [1.82, 2.24) is 10.6 Å². The first-order valence-electron chi connectivity index (χ1n) is 7.78. The number of hydrogen-bond donors (Lipinski definition) is 2. The number of nitrogens with zero attached hydrogens (tertiary/aromatic N) is 1. The van der Waals surface area contributed by atoms with Crippen LogP contribution < -0.4 is 20.3 Å². The van der Waals surface area contributed by atoms with Gasteiger partial charge in [-0.05, 0) is 18.6 Å². The monoisotopic (exact) mass is 305 g/mol. The number of ether oxygens (including phenoxy) is 2. The molecule has 0 aliphatic carbocycles. The third-order valence-electron chi connectivity index (χ3n) is 4.18.